The molecule has 1 heterocycles. The standard InChI is InChI=1S/C12H20N2O2/c1-10(2)14(6-3-5-13)8-12(15)11-4-7-16-9-11/h10-11H,3-4,6-9H2,1-2H3. The van der Waals surface area contributed by atoms with Crippen LogP contribution in [0.5, 0.6) is 0 Å². The van der Waals surface area contributed by atoms with Crippen LogP contribution in [0.2, 0.25) is 0 Å². The number of nitriles is 1. The number of nitrogens with zero attached hydrogens (tertiary/aromatic N) is 2. The van der Waals surface area contributed by atoms with Crippen LogP contribution in [0.1, 0.15) is 26.7 Å². The van der Waals surface area contributed by atoms with Crippen LogP contribution < -0.4 is 0 Å². The largest absolute Gasteiger partial charge is 0.381 e. The SMILES string of the molecule is CC(C)N(CCC#N)CC(=O)C1CCOC1. The Bertz CT molecular complexity index is 265. The third kappa shape index (κ3) is 3.92. The average Bonchev–Trinajstić information content (AvgIpc) is 2.76. The summed E-state index contributed by atoms with van der Waals surface area (Å²) in [7, 11) is 0. The van der Waals surface area contributed by atoms with E-state index in [1.54, 1.807) is 0 Å². The number of hydrogen-bond donors (Lipinski definition) is 0. The Morgan fingerprint density at radius 3 is 2.88 bits per heavy atom. The fraction of sp³-hybridized carbons (Fsp3) is 0.833. The molecule has 1 aliphatic heterocycles. The lowest BCUT2D eigenvalue weighted by Gasteiger charge is -2.25. The average molecular weight is 224 g/mol. The second-order valence-corrected chi connectivity index (χ2v) is 4.50. The van der Waals surface area contributed by atoms with Crippen molar-refractivity contribution in [3.8, 4) is 6.07 Å². The lowest BCUT2D eigenvalue weighted by Crippen LogP contribution is -2.38. The van der Waals surface area contributed by atoms with Gasteiger partial charge in [-0.3, -0.25) is 9.69 Å². The molecule has 0 N–H and O–H groups in total. The molecule has 0 aliphatic carbocycles. The van der Waals surface area contributed by atoms with Crippen LogP contribution in [-0.2, 0) is 9.53 Å². The molecule has 1 unspecified atom stereocenters. The number of carbonyl (C=O) groups excluding carboxylic acids is 1. The molecule has 4 heteroatoms. The first-order chi connectivity index (χ1) is 7.65. The Kier molecular flexibility index (Phi) is 5.44. The molecule has 0 saturated carbocycles. The van der Waals surface area contributed by atoms with Gasteiger partial charge in [0.2, 0.25) is 0 Å². The smallest absolute Gasteiger partial charge is 0.152 e. The Balaban J connectivity index is 2.41. The van der Waals surface area contributed by atoms with Gasteiger partial charge in [-0.2, -0.15) is 5.26 Å². The molecule has 0 radical (unpaired) electrons. The van der Waals surface area contributed by atoms with Crippen molar-refractivity contribution in [1.82, 2.24) is 4.90 Å². The van der Waals surface area contributed by atoms with Gasteiger partial charge in [-0.25, -0.2) is 0 Å². The normalized spacial score (nSPS) is 20.3. The van der Waals surface area contributed by atoms with E-state index in [0.717, 1.165) is 6.42 Å². The van der Waals surface area contributed by atoms with Crippen LogP contribution in [0, 0.1) is 17.2 Å². The van der Waals surface area contributed by atoms with Crippen molar-refractivity contribution in [2.24, 2.45) is 5.92 Å². The second kappa shape index (κ2) is 6.62. The van der Waals surface area contributed by atoms with Crippen LogP contribution in [-0.4, -0.2) is 43.0 Å². The molecular formula is C12H20N2O2. The predicted molar refractivity (Wildman–Crippen MR) is 60.9 cm³/mol. The maximum atomic E-state index is 11.9. The molecule has 0 amide bonds. The first kappa shape index (κ1) is 13.1. The van der Waals surface area contributed by atoms with Gasteiger partial charge in [0.1, 0.15) is 0 Å². The first-order valence-corrected chi connectivity index (χ1v) is 5.86. The zero-order valence-corrected chi connectivity index (χ0v) is 10.1. The number of ketones is 1. The highest BCUT2D eigenvalue weighted by Gasteiger charge is 2.25. The summed E-state index contributed by atoms with van der Waals surface area (Å²) in [5.74, 6) is 0.326. The second-order valence-electron chi connectivity index (χ2n) is 4.50. The molecule has 0 bridgehead atoms. The number of ether oxygens (including phenoxy) is 1. The van der Waals surface area contributed by atoms with Gasteiger partial charge in [0, 0.05) is 31.5 Å². The Labute approximate surface area is 97.2 Å². The molecule has 1 atom stereocenters. The topological polar surface area (TPSA) is 53.3 Å². The number of rotatable bonds is 6. The van der Waals surface area contributed by atoms with Crippen LogP contribution >= 0.6 is 0 Å². The predicted octanol–water partition coefficient (Wildman–Crippen LogP) is 1.22. The maximum absolute atomic E-state index is 11.9. The molecule has 0 spiro atoms. The molecule has 1 saturated heterocycles. The van der Waals surface area contributed by atoms with Gasteiger partial charge in [-0.1, -0.05) is 0 Å². The maximum Gasteiger partial charge on any atom is 0.152 e. The molecule has 0 aromatic rings. The summed E-state index contributed by atoms with van der Waals surface area (Å²) in [4.78, 5) is 14.0. The summed E-state index contributed by atoms with van der Waals surface area (Å²) in [6.45, 7) is 6.51. The number of carbonyl (C=O) groups is 1. The van der Waals surface area contributed by atoms with Gasteiger partial charge in [0.15, 0.2) is 5.78 Å². The van der Waals surface area contributed by atoms with Gasteiger partial charge in [0.05, 0.1) is 19.2 Å². The minimum atomic E-state index is 0.0725. The molecule has 1 aliphatic rings. The monoisotopic (exact) mass is 224 g/mol. The fourth-order valence-electron chi connectivity index (χ4n) is 1.83. The highest BCUT2D eigenvalue weighted by atomic mass is 16.5. The Hall–Kier alpha value is -0.920. The summed E-state index contributed by atoms with van der Waals surface area (Å²) in [6, 6.07) is 2.42. The third-order valence-corrected chi connectivity index (χ3v) is 2.99. The van der Waals surface area contributed by atoms with Crippen LogP contribution in [0.3, 0.4) is 0 Å². The minimum Gasteiger partial charge on any atom is -0.381 e. The molecule has 0 aromatic carbocycles. The van der Waals surface area contributed by atoms with Gasteiger partial charge in [-0.15, -0.1) is 0 Å². The van der Waals surface area contributed by atoms with Crippen molar-refractivity contribution in [3.05, 3.63) is 0 Å². The highest BCUT2D eigenvalue weighted by molar-refractivity contribution is 5.83. The summed E-state index contributed by atoms with van der Waals surface area (Å²) >= 11 is 0. The van der Waals surface area contributed by atoms with E-state index < -0.39 is 0 Å². The zero-order valence-electron chi connectivity index (χ0n) is 10.1. The summed E-state index contributed by atoms with van der Waals surface area (Å²) in [5.41, 5.74) is 0. The van der Waals surface area contributed by atoms with Crippen LogP contribution in [0.15, 0.2) is 0 Å². The van der Waals surface area contributed by atoms with Crippen LogP contribution in [0.4, 0.5) is 0 Å². The van der Waals surface area contributed by atoms with Gasteiger partial charge in [-0.05, 0) is 20.3 Å². The minimum absolute atomic E-state index is 0.0725. The van der Waals surface area contributed by atoms with E-state index >= 15 is 0 Å². The van der Waals surface area contributed by atoms with Crippen molar-refractivity contribution in [2.45, 2.75) is 32.7 Å². The number of Topliss-reactive ketones (excluding diaryl/α,β-unsaturated/α-hetero) is 1. The fourth-order valence-corrected chi connectivity index (χ4v) is 1.83. The van der Waals surface area contributed by atoms with E-state index in [9.17, 15) is 4.79 Å². The van der Waals surface area contributed by atoms with Gasteiger partial charge < -0.3 is 4.74 Å². The molecular weight excluding hydrogens is 204 g/mol. The first-order valence-electron chi connectivity index (χ1n) is 5.86. The number of hydrogen-bond acceptors (Lipinski definition) is 4. The van der Waals surface area contributed by atoms with Crippen molar-refractivity contribution >= 4 is 5.78 Å². The van der Waals surface area contributed by atoms with Crippen molar-refractivity contribution < 1.29 is 9.53 Å². The van der Waals surface area contributed by atoms with Crippen molar-refractivity contribution in [3.63, 3.8) is 0 Å². The molecule has 0 aromatic heterocycles. The Morgan fingerprint density at radius 1 is 1.62 bits per heavy atom. The lowest BCUT2D eigenvalue weighted by atomic mass is 10.0. The summed E-state index contributed by atoms with van der Waals surface area (Å²) in [6.07, 6.45) is 1.33. The summed E-state index contributed by atoms with van der Waals surface area (Å²) < 4.78 is 5.21. The highest BCUT2D eigenvalue weighted by Crippen LogP contribution is 2.14. The van der Waals surface area contributed by atoms with Crippen molar-refractivity contribution in [2.75, 3.05) is 26.3 Å². The van der Waals surface area contributed by atoms with Crippen molar-refractivity contribution in [1.29, 1.82) is 5.26 Å². The van der Waals surface area contributed by atoms with Gasteiger partial charge >= 0.3 is 0 Å². The van der Waals surface area contributed by atoms with E-state index in [4.69, 9.17) is 10.00 Å². The van der Waals surface area contributed by atoms with E-state index in [2.05, 4.69) is 24.8 Å². The quantitative estimate of drug-likeness (QED) is 0.680. The van der Waals surface area contributed by atoms with E-state index in [0.29, 0.717) is 38.8 Å². The summed E-state index contributed by atoms with van der Waals surface area (Å²) in [5, 5.41) is 8.56. The molecule has 4 nitrogen and oxygen atoms in total. The van der Waals surface area contributed by atoms with Gasteiger partial charge in [0.25, 0.3) is 0 Å². The molecule has 1 fully saturated rings. The molecule has 16 heavy (non-hydrogen) atoms. The van der Waals surface area contributed by atoms with E-state index in [-0.39, 0.29) is 11.7 Å². The zero-order chi connectivity index (χ0) is 12.0. The lowest BCUT2D eigenvalue weighted by molar-refractivity contribution is -0.124. The third-order valence-electron chi connectivity index (χ3n) is 2.99. The molecule has 1 rings (SSSR count). The van der Waals surface area contributed by atoms with Crippen LogP contribution in [0.25, 0.3) is 0 Å². The van der Waals surface area contributed by atoms with E-state index in [1.165, 1.54) is 0 Å². The Morgan fingerprint density at radius 2 is 2.38 bits per heavy atom. The van der Waals surface area contributed by atoms with E-state index in [1.807, 2.05) is 0 Å². The molecule has 90 valence electrons.